The molecule has 3 saturated carbocycles. The quantitative estimate of drug-likeness (QED) is 0.577. The minimum absolute atomic E-state index is 0.0664. The number of hydrogen-bond donors (Lipinski definition) is 3. The summed E-state index contributed by atoms with van der Waals surface area (Å²) in [6.45, 7) is 0.166. The van der Waals surface area contributed by atoms with Gasteiger partial charge in [0.1, 0.15) is 17.7 Å². The molecular weight excluding hydrogens is 444 g/mol. The minimum atomic E-state index is -1.22. The molecule has 0 unspecified atom stereocenters. The molecule has 3 fully saturated rings. The number of fused-ring (bicyclic) bond motifs is 3. The maximum absolute atomic E-state index is 13.3. The second-order valence-electron chi connectivity index (χ2n) is 10.9. The van der Waals surface area contributed by atoms with Gasteiger partial charge >= 0.3 is 12.1 Å². The lowest BCUT2D eigenvalue weighted by molar-refractivity contribution is -0.167. The summed E-state index contributed by atoms with van der Waals surface area (Å²) in [6, 6.07) is 16.2. The van der Waals surface area contributed by atoms with E-state index in [4.69, 9.17) is 4.74 Å². The van der Waals surface area contributed by atoms with Gasteiger partial charge in [-0.15, -0.1) is 0 Å². The van der Waals surface area contributed by atoms with E-state index < -0.39 is 29.0 Å². The molecule has 182 valence electrons. The average Bonchev–Trinajstić information content (AvgIpc) is 3.09. The van der Waals surface area contributed by atoms with E-state index in [2.05, 4.69) is 34.9 Å². The van der Waals surface area contributed by atoms with Crippen molar-refractivity contribution in [2.75, 3.05) is 6.61 Å². The maximum atomic E-state index is 13.3. The van der Waals surface area contributed by atoms with Gasteiger partial charge in [0, 0.05) is 5.92 Å². The van der Waals surface area contributed by atoms with Crippen molar-refractivity contribution in [3.8, 4) is 11.1 Å². The van der Waals surface area contributed by atoms with Gasteiger partial charge in [-0.25, -0.2) is 9.59 Å². The lowest BCUT2D eigenvalue weighted by Crippen LogP contribution is -2.73. The van der Waals surface area contributed by atoms with Gasteiger partial charge in [0.25, 0.3) is 0 Å². The van der Waals surface area contributed by atoms with Crippen LogP contribution in [-0.2, 0) is 14.3 Å². The number of carbonyl (C=O) groups is 3. The number of alkyl carbamates (subject to hydrolysis) is 1. The van der Waals surface area contributed by atoms with E-state index in [0.717, 1.165) is 47.9 Å². The molecule has 1 spiro atoms. The van der Waals surface area contributed by atoms with Crippen LogP contribution in [0.3, 0.4) is 0 Å². The van der Waals surface area contributed by atoms with Crippen LogP contribution in [0.2, 0.25) is 0 Å². The number of benzene rings is 2. The minimum Gasteiger partial charge on any atom is -0.480 e. The molecule has 0 atom stereocenters. The lowest BCUT2D eigenvalue weighted by atomic mass is 9.48. The van der Waals surface area contributed by atoms with E-state index in [9.17, 15) is 19.5 Å². The summed E-state index contributed by atoms with van der Waals surface area (Å²) in [7, 11) is 0. The average molecular weight is 475 g/mol. The topological polar surface area (TPSA) is 105 Å². The molecule has 2 aromatic rings. The molecule has 4 aliphatic rings. The highest BCUT2D eigenvalue weighted by Gasteiger charge is 2.63. The summed E-state index contributed by atoms with van der Waals surface area (Å²) < 4.78 is 5.65. The smallest absolute Gasteiger partial charge is 0.408 e. The number of aliphatic carboxylic acids is 1. The molecule has 7 heteroatoms. The van der Waals surface area contributed by atoms with Crippen molar-refractivity contribution < 1.29 is 24.2 Å². The highest BCUT2D eigenvalue weighted by atomic mass is 16.5. The summed E-state index contributed by atoms with van der Waals surface area (Å²) in [5, 5.41) is 15.5. The predicted octanol–water partition coefficient (Wildman–Crippen LogP) is 4.35. The van der Waals surface area contributed by atoms with Gasteiger partial charge in [0.15, 0.2) is 0 Å². The first-order chi connectivity index (χ1) is 16.9. The number of hydrogen-bond acceptors (Lipinski definition) is 4. The molecule has 0 bridgehead atoms. The Kier molecular flexibility index (Phi) is 4.95. The van der Waals surface area contributed by atoms with E-state index >= 15 is 0 Å². The van der Waals surface area contributed by atoms with Gasteiger partial charge in [0.05, 0.1) is 0 Å². The Bertz CT molecular complexity index is 1160. The number of amides is 2. The fourth-order valence-electron chi connectivity index (χ4n) is 6.66. The van der Waals surface area contributed by atoms with Crippen molar-refractivity contribution in [3.63, 3.8) is 0 Å². The van der Waals surface area contributed by atoms with Crippen LogP contribution in [0.25, 0.3) is 11.1 Å². The summed E-state index contributed by atoms with van der Waals surface area (Å²) in [6.07, 6.45) is 5.23. The first-order valence-corrected chi connectivity index (χ1v) is 12.5. The van der Waals surface area contributed by atoms with Crippen molar-refractivity contribution in [1.29, 1.82) is 0 Å². The van der Waals surface area contributed by atoms with Gasteiger partial charge in [0.2, 0.25) is 5.91 Å². The molecular formula is C28H30N2O5. The van der Waals surface area contributed by atoms with Gasteiger partial charge in [-0.05, 0) is 72.6 Å². The Morgan fingerprint density at radius 2 is 1.40 bits per heavy atom. The third-order valence-electron chi connectivity index (χ3n) is 8.86. The molecule has 4 aliphatic carbocycles. The fourth-order valence-corrected chi connectivity index (χ4v) is 6.66. The van der Waals surface area contributed by atoms with Crippen molar-refractivity contribution >= 4 is 18.0 Å². The molecule has 2 amide bonds. The van der Waals surface area contributed by atoms with Gasteiger partial charge in [-0.2, -0.15) is 0 Å². The van der Waals surface area contributed by atoms with E-state index in [1.54, 1.807) is 0 Å². The van der Waals surface area contributed by atoms with Crippen LogP contribution in [0.15, 0.2) is 48.5 Å². The van der Waals surface area contributed by atoms with E-state index in [1.165, 1.54) is 0 Å². The fraction of sp³-hybridized carbons (Fsp3) is 0.464. The Labute approximate surface area is 204 Å². The second-order valence-corrected chi connectivity index (χ2v) is 10.9. The monoisotopic (exact) mass is 474 g/mol. The summed E-state index contributed by atoms with van der Waals surface area (Å²) in [5.74, 6) is -1.46. The predicted molar refractivity (Wildman–Crippen MR) is 129 cm³/mol. The Morgan fingerprint density at radius 1 is 0.829 bits per heavy atom. The number of carbonyl (C=O) groups excluding carboxylic acids is 2. The highest BCUT2D eigenvalue weighted by molar-refractivity contribution is 5.95. The molecule has 0 aliphatic heterocycles. The number of ether oxygens (including phenoxy) is 1. The zero-order chi connectivity index (χ0) is 24.3. The molecule has 35 heavy (non-hydrogen) atoms. The highest BCUT2D eigenvalue weighted by Crippen LogP contribution is 2.60. The third kappa shape index (κ3) is 3.43. The second kappa shape index (κ2) is 7.83. The summed E-state index contributed by atoms with van der Waals surface area (Å²) >= 11 is 0. The third-order valence-corrected chi connectivity index (χ3v) is 8.86. The molecule has 0 aromatic heterocycles. The lowest BCUT2D eigenvalue weighted by Gasteiger charge is -2.59. The standard InChI is InChI=1S/C28H30N2O5/c31-23(29-28(24(32)33)16-26(17-28)11-5-12-26)27(13-6-14-27)30-25(34)35-15-22-20-9-3-1-7-18(20)19-8-2-4-10-21(19)22/h1-4,7-10,22H,5-6,11-17H2,(H,29,31)(H,30,34)(H,32,33). The summed E-state index contributed by atoms with van der Waals surface area (Å²) in [4.78, 5) is 38.2. The summed E-state index contributed by atoms with van der Waals surface area (Å²) in [5.41, 5.74) is 2.30. The molecule has 0 saturated heterocycles. The maximum Gasteiger partial charge on any atom is 0.408 e. The van der Waals surface area contributed by atoms with Crippen LogP contribution < -0.4 is 10.6 Å². The van der Waals surface area contributed by atoms with E-state index in [0.29, 0.717) is 25.7 Å². The Hall–Kier alpha value is -3.35. The molecule has 3 N–H and O–H groups in total. The van der Waals surface area contributed by atoms with Crippen LogP contribution in [0.4, 0.5) is 4.79 Å². The Morgan fingerprint density at radius 3 is 1.89 bits per heavy atom. The van der Waals surface area contributed by atoms with Crippen LogP contribution in [0, 0.1) is 5.41 Å². The first kappa shape index (κ1) is 22.1. The molecule has 7 nitrogen and oxygen atoms in total. The van der Waals surface area contributed by atoms with Gasteiger partial charge in [-0.1, -0.05) is 55.0 Å². The first-order valence-electron chi connectivity index (χ1n) is 12.5. The van der Waals surface area contributed by atoms with Crippen LogP contribution in [-0.4, -0.2) is 40.8 Å². The number of carboxylic acid groups (broad SMARTS) is 1. The molecule has 2 aromatic carbocycles. The molecule has 6 rings (SSSR count). The van der Waals surface area contributed by atoms with Crippen molar-refractivity contribution in [2.24, 2.45) is 5.41 Å². The Balaban J connectivity index is 1.12. The largest absolute Gasteiger partial charge is 0.480 e. The van der Waals surface area contributed by atoms with Crippen LogP contribution in [0.1, 0.15) is 68.4 Å². The van der Waals surface area contributed by atoms with E-state index in [1.807, 2.05) is 24.3 Å². The van der Waals surface area contributed by atoms with E-state index in [-0.39, 0.29) is 17.9 Å². The molecule has 0 heterocycles. The van der Waals surface area contributed by atoms with Crippen molar-refractivity contribution in [3.05, 3.63) is 59.7 Å². The van der Waals surface area contributed by atoms with Gasteiger partial charge in [-0.3, -0.25) is 4.79 Å². The van der Waals surface area contributed by atoms with Gasteiger partial charge < -0.3 is 20.5 Å². The molecule has 0 radical (unpaired) electrons. The number of carboxylic acids is 1. The van der Waals surface area contributed by atoms with Crippen LogP contribution in [0.5, 0.6) is 0 Å². The zero-order valence-corrected chi connectivity index (χ0v) is 19.6. The van der Waals surface area contributed by atoms with Crippen LogP contribution >= 0.6 is 0 Å². The SMILES string of the molecule is O=C(NC1(C(=O)NC2(C(=O)O)CC3(CCC3)C2)CCC1)OCC1c2ccccc2-c2ccccc21. The number of nitrogens with one attached hydrogen (secondary N) is 2. The number of rotatable bonds is 6. The normalized spacial score (nSPS) is 21.9. The van der Waals surface area contributed by atoms with Crippen molar-refractivity contribution in [2.45, 2.75) is 68.4 Å². The van der Waals surface area contributed by atoms with Crippen molar-refractivity contribution in [1.82, 2.24) is 10.6 Å². The zero-order valence-electron chi connectivity index (χ0n) is 19.6.